The largest absolute Gasteiger partial charge is 0.478 e. The molecule has 1 saturated carbocycles. The molecule has 0 heterocycles. The van der Waals surface area contributed by atoms with Crippen LogP contribution in [-0.2, 0) is 10.0 Å². The third kappa shape index (κ3) is 3.41. The molecule has 0 aromatic heterocycles. The van der Waals surface area contributed by atoms with Crippen molar-refractivity contribution in [1.29, 1.82) is 0 Å². The minimum absolute atomic E-state index is 0.00457. The lowest BCUT2D eigenvalue weighted by atomic mass is 10.1. The number of sulfonamides is 1. The Hall–Kier alpha value is -1.47. The highest BCUT2D eigenvalue weighted by Gasteiger charge is 2.28. The van der Waals surface area contributed by atoms with Crippen molar-refractivity contribution < 1.29 is 22.7 Å². The average Bonchev–Trinajstić information content (AvgIpc) is 2.76. The molecule has 0 bridgehead atoms. The molecule has 116 valence electrons. The van der Waals surface area contributed by atoms with Gasteiger partial charge in [0.2, 0.25) is 10.0 Å². The van der Waals surface area contributed by atoms with Crippen molar-refractivity contribution in [2.45, 2.75) is 44.0 Å². The maximum atomic E-state index is 13.7. The molecular weight excluding hydrogens is 297 g/mol. The Kier molecular flexibility index (Phi) is 4.34. The Morgan fingerprint density at radius 2 is 2.05 bits per heavy atom. The molecule has 0 radical (unpaired) electrons. The van der Waals surface area contributed by atoms with Crippen LogP contribution in [0.2, 0.25) is 0 Å². The topological polar surface area (TPSA) is 83.5 Å². The van der Waals surface area contributed by atoms with Gasteiger partial charge < -0.3 is 5.11 Å². The summed E-state index contributed by atoms with van der Waals surface area (Å²) in [5, 5.41) is 8.94. The van der Waals surface area contributed by atoms with E-state index < -0.39 is 27.4 Å². The van der Waals surface area contributed by atoms with Crippen molar-refractivity contribution in [3.63, 3.8) is 0 Å². The van der Waals surface area contributed by atoms with Gasteiger partial charge in [-0.15, -0.1) is 0 Å². The lowest BCUT2D eigenvalue weighted by Gasteiger charge is -2.14. The van der Waals surface area contributed by atoms with Gasteiger partial charge in [-0.1, -0.05) is 6.92 Å². The van der Waals surface area contributed by atoms with Gasteiger partial charge in [0.25, 0.3) is 0 Å². The molecule has 5 nitrogen and oxygen atoms in total. The molecule has 0 amide bonds. The average molecular weight is 315 g/mol. The minimum Gasteiger partial charge on any atom is -0.478 e. The fourth-order valence-corrected chi connectivity index (χ4v) is 4.04. The van der Waals surface area contributed by atoms with E-state index in [1.807, 2.05) is 0 Å². The highest BCUT2D eigenvalue weighted by Crippen LogP contribution is 2.27. The molecule has 1 aromatic carbocycles. The molecule has 0 spiro atoms. The van der Waals surface area contributed by atoms with E-state index >= 15 is 0 Å². The van der Waals surface area contributed by atoms with Gasteiger partial charge in [0, 0.05) is 6.04 Å². The monoisotopic (exact) mass is 315 g/mol. The Labute approximate surface area is 123 Å². The first-order chi connectivity index (χ1) is 9.70. The van der Waals surface area contributed by atoms with E-state index in [2.05, 4.69) is 11.6 Å². The first kappa shape index (κ1) is 15.9. The molecule has 7 heteroatoms. The van der Waals surface area contributed by atoms with E-state index in [0.29, 0.717) is 5.92 Å². The molecule has 1 aliphatic rings. The maximum Gasteiger partial charge on any atom is 0.338 e. The summed E-state index contributed by atoms with van der Waals surface area (Å²) in [4.78, 5) is 10.8. The number of rotatable bonds is 4. The second kappa shape index (κ2) is 5.73. The molecule has 2 atom stereocenters. The summed E-state index contributed by atoms with van der Waals surface area (Å²) >= 11 is 0. The molecule has 2 unspecified atom stereocenters. The van der Waals surface area contributed by atoms with Gasteiger partial charge >= 0.3 is 5.97 Å². The number of aryl methyl sites for hydroxylation is 1. The van der Waals surface area contributed by atoms with Crippen molar-refractivity contribution in [1.82, 2.24) is 4.72 Å². The number of halogens is 1. The SMILES string of the molecule is Cc1cc(S(=O)(=O)NC2CCC(C)C2)cc(C(=O)O)c1F. The predicted octanol–water partition coefficient (Wildman–Crippen LogP) is 2.30. The second-order valence-corrected chi connectivity index (χ2v) is 7.36. The van der Waals surface area contributed by atoms with Gasteiger partial charge in [-0.2, -0.15) is 0 Å². The number of aromatic carboxylic acids is 1. The van der Waals surface area contributed by atoms with E-state index in [9.17, 15) is 17.6 Å². The Morgan fingerprint density at radius 1 is 1.38 bits per heavy atom. The normalized spacial score (nSPS) is 22.4. The molecule has 1 fully saturated rings. The summed E-state index contributed by atoms with van der Waals surface area (Å²) in [6.45, 7) is 3.40. The summed E-state index contributed by atoms with van der Waals surface area (Å²) in [7, 11) is -3.84. The summed E-state index contributed by atoms with van der Waals surface area (Å²) in [5.41, 5.74) is -0.634. The van der Waals surface area contributed by atoms with Crippen molar-refractivity contribution in [2.24, 2.45) is 5.92 Å². The smallest absolute Gasteiger partial charge is 0.338 e. The first-order valence-electron chi connectivity index (χ1n) is 6.76. The van der Waals surface area contributed by atoms with Crippen LogP contribution in [0.25, 0.3) is 0 Å². The van der Waals surface area contributed by atoms with Crippen molar-refractivity contribution in [3.05, 3.63) is 29.1 Å². The van der Waals surface area contributed by atoms with Gasteiger partial charge in [-0.05, 0) is 49.8 Å². The lowest BCUT2D eigenvalue weighted by molar-refractivity contribution is 0.0691. The van der Waals surface area contributed by atoms with E-state index in [-0.39, 0.29) is 16.5 Å². The van der Waals surface area contributed by atoms with E-state index in [1.54, 1.807) is 0 Å². The zero-order valence-corrected chi connectivity index (χ0v) is 12.7. The number of carboxylic acid groups (broad SMARTS) is 1. The van der Waals surface area contributed by atoms with Crippen LogP contribution in [0.5, 0.6) is 0 Å². The number of nitrogens with one attached hydrogen (secondary N) is 1. The van der Waals surface area contributed by atoms with Gasteiger partial charge in [0.05, 0.1) is 10.5 Å². The highest BCUT2D eigenvalue weighted by atomic mass is 32.2. The number of carboxylic acids is 1. The second-order valence-electron chi connectivity index (χ2n) is 5.64. The quantitative estimate of drug-likeness (QED) is 0.893. The summed E-state index contributed by atoms with van der Waals surface area (Å²) in [6.07, 6.45) is 2.47. The molecular formula is C14H18FNO4S. The van der Waals surface area contributed by atoms with Crippen LogP contribution in [-0.4, -0.2) is 25.5 Å². The Morgan fingerprint density at radius 3 is 2.57 bits per heavy atom. The molecule has 0 aliphatic heterocycles. The van der Waals surface area contributed by atoms with Crippen molar-refractivity contribution in [3.8, 4) is 0 Å². The molecule has 0 saturated heterocycles. The van der Waals surface area contributed by atoms with E-state index in [1.165, 1.54) is 6.92 Å². The summed E-state index contributed by atoms with van der Waals surface area (Å²) < 4.78 is 40.9. The van der Waals surface area contributed by atoms with Gasteiger partial charge in [0.15, 0.2) is 0 Å². The van der Waals surface area contributed by atoms with Gasteiger partial charge in [-0.3, -0.25) is 0 Å². The molecule has 2 N–H and O–H groups in total. The molecule has 1 aromatic rings. The van der Waals surface area contributed by atoms with Crippen molar-refractivity contribution >= 4 is 16.0 Å². The van der Waals surface area contributed by atoms with Crippen LogP contribution in [0.1, 0.15) is 42.1 Å². The van der Waals surface area contributed by atoms with E-state index in [4.69, 9.17) is 5.11 Å². The van der Waals surface area contributed by atoms with Gasteiger partial charge in [-0.25, -0.2) is 22.3 Å². The molecule has 2 rings (SSSR count). The third-order valence-electron chi connectivity index (χ3n) is 3.79. The van der Waals surface area contributed by atoms with Crippen LogP contribution >= 0.6 is 0 Å². The van der Waals surface area contributed by atoms with Gasteiger partial charge in [0.1, 0.15) is 5.82 Å². The van der Waals surface area contributed by atoms with Crippen molar-refractivity contribution in [2.75, 3.05) is 0 Å². The zero-order valence-electron chi connectivity index (χ0n) is 11.9. The summed E-state index contributed by atoms with van der Waals surface area (Å²) in [6, 6.07) is 1.87. The number of hydrogen-bond acceptors (Lipinski definition) is 3. The van der Waals surface area contributed by atoms with Crippen LogP contribution in [0.3, 0.4) is 0 Å². The van der Waals surface area contributed by atoms with Crippen LogP contribution < -0.4 is 4.72 Å². The third-order valence-corrected chi connectivity index (χ3v) is 5.29. The Bertz CT molecular complexity index is 672. The maximum absolute atomic E-state index is 13.7. The number of hydrogen-bond donors (Lipinski definition) is 2. The molecule has 21 heavy (non-hydrogen) atoms. The Balaban J connectivity index is 2.34. The fourth-order valence-electron chi connectivity index (χ4n) is 2.65. The summed E-state index contributed by atoms with van der Waals surface area (Å²) in [5.74, 6) is -1.93. The predicted molar refractivity (Wildman–Crippen MR) is 75.2 cm³/mol. The first-order valence-corrected chi connectivity index (χ1v) is 8.25. The fraction of sp³-hybridized carbons (Fsp3) is 0.500. The highest BCUT2D eigenvalue weighted by molar-refractivity contribution is 7.89. The van der Waals surface area contributed by atoms with E-state index in [0.717, 1.165) is 31.4 Å². The number of carbonyl (C=O) groups is 1. The standard InChI is InChI=1S/C14H18FNO4S/c1-8-3-4-10(5-8)16-21(19,20)11-6-9(2)13(15)12(7-11)14(17)18/h6-8,10,16H,3-5H2,1-2H3,(H,17,18). The minimum atomic E-state index is -3.84. The zero-order chi connectivity index (χ0) is 15.8. The van der Waals surface area contributed by atoms with Crippen LogP contribution in [0.4, 0.5) is 4.39 Å². The number of benzene rings is 1. The van der Waals surface area contributed by atoms with Crippen LogP contribution in [0, 0.1) is 18.7 Å². The lowest BCUT2D eigenvalue weighted by Crippen LogP contribution is -2.33. The molecule has 1 aliphatic carbocycles. The van der Waals surface area contributed by atoms with Crippen LogP contribution in [0.15, 0.2) is 17.0 Å².